The first-order valence-corrected chi connectivity index (χ1v) is 13.4. The van der Waals surface area contributed by atoms with E-state index in [1.807, 2.05) is 11.6 Å². The van der Waals surface area contributed by atoms with Crippen molar-refractivity contribution in [2.75, 3.05) is 0 Å². The number of hydrogen-bond acceptors (Lipinski definition) is 6. The van der Waals surface area contributed by atoms with Crippen molar-refractivity contribution in [3.63, 3.8) is 0 Å². The minimum atomic E-state index is -4.68. The molecule has 4 aromatic rings. The van der Waals surface area contributed by atoms with E-state index in [2.05, 4.69) is 5.10 Å². The predicted molar refractivity (Wildman–Crippen MR) is 144 cm³/mol. The van der Waals surface area contributed by atoms with Gasteiger partial charge in [-0.25, -0.2) is 17.8 Å². The van der Waals surface area contributed by atoms with E-state index in [-0.39, 0.29) is 29.1 Å². The maximum Gasteiger partial charge on any atom is 0.435 e. The minimum absolute atomic E-state index is 0.139. The number of sulfonamides is 1. The molecule has 8 nitrogen and oxygen atoms in total. The molecule has 13 heteroatoms. The zero-order valence-corrected chi connectivity index (χ0v) is 22.0. The van der Waals surface area contributed by atoms with Crippen molar-refractivity contribution in [1.82, 2.24) is 14.5 Å². The second-order valence-corrected chi connectivity index (χ2v) is 10.5. The van der Waals surface area contributed by atoms with Crippen LogP contribution in [0.25, 0.3) is 16.9 Å². The van der Waals surface area contributed by atoms with E-state index in [1.54, 1.807) is 48.5 Å². The first-order valence-electron chi connectivity index (χ1n) is 11.9. The van der Waals surface area contributed by atoms with Crippen molar-refractivity contribution in [3.8, 4) is 16.9 Å². The topological polar surface area (TPSA) is 114 Å². The zero-order chi connectivity index (χ0) is 28.9. The van der Waals surface area contributed by atoms with E-state index in [0.717, 1.165) is 28.3 Å². The summed E-state index contributed by atoms with van der Waals surface area (Å²) >= 11 is 0. The van der Waals surface area contributed by atoms with E-state index in [1.165, 1.54) is 31.7 Å². The fourth-order valence-electron chi connectivity index (χ4n) is 3.91. The number of benzene rings is 3. The molecular weight excluding hydrogens is 544 g/mol. The van der Waals surface area contributed by atoms with Crippen LogP contribution in [-0.4, -0.2) is 38.0 Å². The maximum atomic E-state index is 13.5. The number of rotatable bonds is 10. The highest BCUT2D eigenvalue weighted by Crippen LogP contribution is 2.33. The van der Waals surface area contributed by atoms with Crippen molar-refractivity contribution >= 4 is 35.3 Å². The Morgan fingerprint density at radius 2 is 1.75 bits per heavy atom. The molecule has 2 N–H and O–H groups in total. The number of amides is 1. The summed E-state index contributed by atoms with van der Waals surface area (Å²) < 4.78 is 74.0. The van der Waals surface area contributed by atoms with Crippen LogP contribution in [0.2, 0.25) is 0 Å². The summed E-state index contributed by atoms with van der Waals surface area (Å²) in [6.07, 6.45) is -3.84. The highest BCUT2D eigenvalue weighted by Gasteiger charge is 2.35. The van der Waals surface area contributed by atoms with E-state index < -0.39 is 27.8 Å². The molecule has 0 spiro atoms. The van der Waals surface area contributed by atoms with Gasteiger partial charge in [-0.05, 0) is 54.7 Å². The van der Waals surface area contributed by atoms with Crippen LogP contribution >= 0.6 is 0 Å². The van der Waals surface area contributed by atoms with E-state index in [4.69, 9.17) is 10.1 Å². The molecule has 0 saturated carbocycles. The van der Waals surface area contributed by atoms with Gasteiger partial charge in [-0.15, -0.1) is 0 Å². The smallest absolute Gasteiger partial charge is 0.435 e. The third-order valence-corrected chi connectivity index (χ3v) is 7.32. The highest BCUT2D eigenvalue weighted by atomic mass is 32.2. The summed E-state index contributed by atoms with van der Waals surface area (Å²) in [6, 6.07) is 19.8. The van der Waals surface area contributed by atoms with Crippen LogP contribution in [0.5, 0.6) is 0 Å². The Morgan fingerprint density at radius 1 is 1.07 bits per heavy atom. The molecule has 4 rings (SSSR count). The standard InChI is InChI=1S/C27H23BF3N4O4S/c1-18-6-8-20(9-7-18)24-16-25(27(29,30)31)33-35(24)21-11-13-22(14-12-21)40(37,38)34-26(36)15-10-19-4-2-3-5-23(19)28-39-17-32/h2-9,11-14,16-17,32H,10,15H2,1H3,(H,34,36). The molecule has 0 saturated heterocycles. The summed E-state index contributed by atoms with van der Waals surface area (Å²) in [5.41, 5.74) is 2.10. The van der Waals surface area contributed by atoms with E-state index >= 15 is 0 Å². The molecule has 1 aromatic heterocycles. The third kappa shape index (κ3) is 6.78. The van der Waals surface area contributed by atoms with Gasteiger partial charge in [-0.2, -0.15) is 18.3 Å². The molecule has 0 aliphatic carbocycles. The summed E-state index contributed by atoms with van der Waals surface area (Å²) in [5, 5.41) is 10.7. The first-order chi connectivity index (χ1) is 19.0. The average molecular weight is 567 g/mol. The number of carbonyl (C=O) groups excluding carboxylic acids is 1. The lowest BCUT2D eigenvalue weighted by Crippen LogP contribution is -2.31. The van der Waals surface area contributed by atoms with Gasteiger partial charge in [0.05, 0.1) is 16.3 Å². The molecule has 1 heterocycles. The number of aromatic nitrogens is 2. The van der Waals surface area contributed by atoms with Crippen LogP contribution in [0, 0.1) is 12.3 Å². The molecule has 1 amide bonds. The van der Waals surface area contributed by atoms with Crippen molar-refractivity contribution in [3.05, 3.63) is 95.7 Å². The van der Waals surface area contributed by atoms with Crippen molar-refractivity contribution in [2.45, 2.75) is 30.8 Å². The Hall–Kier alpha value is -4.39. The third-order valence-electron chi connectivity index (χ3n) is 5.93. The average Bonchev–Trinajstić information content (AvgIpc) is 3.38. The quantitative estimate of drug-likeness (QED) is 0.170. The van der Waals surface area contributed by atoms with Crippen LogP contribution < -0.4 is 10.2 Å². The van der Waals surface area contributed by atoms with Gasteiger partial charge in [0.25, 0.3) is 10.0 Å². The fourth-order valence-corrected chi connectivity index (χ4v) is 4.92. The summed E-state index contributed by atoms with van der Waals surface area (Å²) in [7, 11) is -2.90. The second kappa shape index (κ2) is 11.8. The van der Waals surface area contributed by atoms with Crippen LogP contribution in [0.1, 0.15) is 23.2 Å². The van der Waals surface area contributed by atoms with Crippen molar-refractivity contribution in [1.29, 1.82) is 5.41 Å². The Kier molecular flexibility index (Phi) is 8.43. The van der Waals surface area contributed by atoms with Gasteiger partial charge >= 0.3 is 13.7 Å². The largest absolute Gasteiger partial charge is 0.550 e. The molecule has 0 atom stereocenters. The second-order valence-electron chi connectivity index (χ2n) is 8.78. The van der Waals surface area contributed by atoms with Gasteiger partial charge in [0.2, 0.25) is 5.91 Å². The lowest BCUT2D eigenvalue weighted by molar-refractivity contribution is -0.141. The molecule has 1 radical (unpaired) electrons. The summed E-state index contributed by atoms with van der Waals surface area (Å²) in [5.74, 6) is -0.740. The lowest BCUT2D eigenvalue weighted by atomic mass is 9.82. The first kappa shape index (κ1) is 28.6. The number of nitrogens with one attached hydrogen (secondary N) is 2. The molecule has 3 aromatic carbocycles. The molecule has 205 valence electrons. The maximum absolute atomic E-state index is 13.5. The van der Waals surface area contributed by atoms with Crippen molar-refractivity contribution in [2.24, 2.45) is 0 Å². The molecule has 0 fully saturated rings. The molecule has 0 aliphatic heterocycles. The summed E-state index contributed by atoms with van der Waals surface area (Å²) in [6.45, 7) is 1.85. The SMILES string of the molecule is Cc1ccc(-c2cc(C(F)(F)F)nn2-c2ccc(S(=O)(=O)NC(=O)CCc3ccccc3[B]OC=N)cc2)cc1. The molecule has 0 bridgehead atoms. The Labute approximate surface area is 229 Å². The number of nitrogens with zero attached hydrogens (tertiary/aromatic N) is 2. The number of alkyl halides is 3. The molecule has 0 unspecified atom stereocenters. The fraction of sp³-hybridized carbons (Fsp3) is 0.148. The molecular formula is C27H23BF3N4O4S. The molecule has 40 heavy (non-hydrogen) atoms. The van der Waals surface area contributed by atoms with E-state index in [9.17, 15) is 26.4 Å². The van der Waals surface area contributed by atoms with Crippen LogP contribution in [0.15, 0.2) is 83.8 Å². The molecule has 0 aliphatic rings. The zero-order valence-electron chi connectivity index (χ0n) is 21.1. The van der Waals surface area contributed by atoms with Crippen LogP contribution in [0.4, 0.5) is 13.2 Å². The van der Waals surface area contributed by atoms with Gasteiger partial charge in [-0.1, -0.05) is 54.1 Å². The van der Waals surface area contributed by atoms with Crippen LogP contribution in [0.3, 0.4) is 0 Å². The van der Waals surface area contributed by atoms with Crippen LogP contribution in [-0.2, 0) is 32.1 Å². The normalized spacial score (nSPS) is 11.6. The van der Waals surface area contributed by atoms with E-state index in [0.29, 0.717) is 11.0 Å². The highest BCUT2D eigenvalue weighted by molar-refractivity contribution is 7.90. The van der Waals surface area contributed by atoms with Gasteiger partial charge in [0.1, 0.15) is 6.40 Å². The monoisotopic (exact) mass is 567 g/mol. The summed E-state index contributed by atoms with van der Waals surface area (Å²) in [4.78, 5) is 12.2. The van der Waals surface area contributed by atoms with Crippen molar-refractivity contribution < 1.29 is 31.0 Å². The number of halogens is 3. The Bertz CT molecular complexity index is 1620. The van der Waals surface area contributed by atoms with Gasteiger partial charge in [-0.3, -0.25) is 10.2 Å². The number of hydrogen-bond donors (Lipinski definition) is 2. The Morgan fingerprint density at radius 3 is 2.40 bits per heavy atom. The predicted octanol–water partition coefficient (Wildman–Crippen LogP) is 4.17. The van der Waals surface area contributed by atoms with Gasteiger partial charge in [0.15, 0.2) is 5.69 Å². The lowest BCUT2D eigenvalue weighted by Gasteiger charge is -2.11. The Balaban J connectivity index is 1.51. The minimum Gasteiger partial charge on any atom is -0.550 e. The number of carbonyl (C=O) groups is 1. The number of aryl methyl sites for hydroxylation is 2. The van der Waals surface area contributed by atoms with Gasteiger partial charge < -0.3 is 4.65 Å². The van der Waals surface area contributed by atoms with Gasteiger partial charge in [0, 0.05) is 12.0 Å².